The van der Waals surface area contributed by atoms with Crippen molar-refractivity contribution >= 4 is 18.0 Å². The van der Waals surface area contributed by atoms with Gasteiger partial charge in [0.15, 0.2) is 5.78 Å². The number of hydrogen-bond donors (Lipinski definition) is 2. The Kier molecular flexibility index (Phi) is 9.35. The van der Waals surface area contributed by atoms with Crippen LogP contribution in [0.4, 0.5) is 0 Å². The van der Waals surface area contributed by atoms with Crippen molar-refractivity contribution in [2.45, 2.75) is 130 Å². The normalized spacial score (nSPS) is 31.6. The van der Waals surface area contributed by atoms with E-state index in [0.29, 0.717) is 48.3 Å². The summed E-state index contributed by atoms with van der Waals surface area (Å²) < 4.78 is 19.7. The number of carbonyl (C=O) groups is 3. The monoisotopic (exact) mass is 662 g/mol. The molecule has 4 aliphatic heterocycles. The molecule has 1 aromatic carbocycles. The molecule has 6 atom stereocenters. The number of ether oxygens (including phenoxy) is 3. The average molecular weight is 663 g/mol. The highest BCUT2D eigenvalue weighted by molar-refractivity contribution is 6.14. The topological polar surface area (TPSA) is 119 Å². The van der Waals surface area contributed by atoms with Crippen molar-refractivity contribution in [2.24, 2.45) is 23.2 Å². The van der Waals surface area contributed by atoms with Crippen molar-refractivity contribution in [3.8, 4) is 17.2 Å². The van der Waals surface area contributed by atoms with Crippen molar-refractivity contribution in [1.82, 2.24) is 0 Å². The third-order valence-corrected chi connectivity index (χ3v) is 12.2. The predicted octanol–water partition coefficient (Wildman–Crippen LogP) is 8.29. The minimum absolute atomic E-state index is 0.00764. The number of aromatic hydroxyl groups is 1. The van der Waals surface area contributed by atoms with Gasteiger partial charge in [0.25, 0.3) is 0 Å². The lowest BCUT2D eigenvalue weighted by Gasteiger charge is -2.49. The molecule has 2 fully saturated rings. The van der Waals surface area contributed by atoms with Gasteiger partial charge in [-0.2, -0.15) is 0 Å². The molecule has 262 valence electrons. The number of phenolic OH excluding ortho intramolecular Hbond substituents is 1. The zero-order chi connectivity index (χ0) is 35.6. The number of Topliss-reactive ketones (excluding diaryl/α,β-unsaturated/α-hetero) is 1. The van der Waals surface area contributed by atoms with Crippen LogP contribution < -0.4 is 9.47 Å². The highest BCUT2D eigenvalue weighted by Gasteiger charge is 2.56. The number of rotatable bonds is 9. The summed E-state index contributed by atoms with van der Waals surface area (Å²) in [6.45, 7) is 20.4. The lowest BCUT2D eigenvalue weighted by molar-refractivity contribution is -0.132. The number of carbonyl (C=O) groups excluding carboxylic acids is 2. The molecule has 4 unspecified atom stereocenters. The van der Waals surface area contributed by atoms with Crippen LogP contribution in [-0.2, 0) is 20.7 Å². The van der Waals surface area contributed by atoms with Crippen LogP contribution in [0.3, 0.4) is 0 Å². The van der Waals surface area contributed by atoms with E-state index in [1.54, 1.807) is 19.1 Å². The van der Waals surface area contributed by atoms with Crippen LogP contribution in [0.2, 0.25) is 0 Å². The van der Waals surface area contributed by atoms with Gasteiger partial charge in [0.05, 0.1) is 11.2 Å². The second kappa shape index (κ2) is 12.5. The van der Waals surface area contributed by atoms with Gasteiger partial charge in [-0.05, 0) is 104 Å². The molecule has 6 rings (SSSR count). The molecule has 8 heteroatoms. The van der Waals surface area contributed by atoms with Gasteiger partial charge in [0.1, 0.15) is 41.3 Å². The number of carboxylic acid groups (broad SMARTS) is 1. The summed E-state index contributed by atoms with van der Waals surface area (Å²) in [4.78, 5) is 38.2. The van der Waals surface area contributed by atoms with E-state index in [1.165, 1.54) is 0 Å². The summed E-state index contributed by atoms with van der Waals surface area (Å²) in [5, 5.41) is 21.3. The lowest BCUT2D eigenvalue weighted by atomic mass is 9.56. The Morgan fingerprint density at radius 3 is 2.38 bits per heavy atom. The second-order valence-electron chi connectivity index (χ2n) is 16.6. The Hall–Kier alpha value is -3.39. The van der Waals surface area contributed by atoms with E-state index in [9.17, 15) is 24.6 Å². The second-order valence-corrected chi connectivity index (χ2v) is 16.6. The number of aliphatic carboxylic acids is 1. The fraction of sp³-hybridized carbons (Fsp3) is 0.625. The summed E-state index contributed by atoms with van der Waals surface area (Å²) in [5.41, 5.74) is 1.63. The summed E-state index contributed by atoms with van der Waals surface area (Å²) in [6.07, 6.45) is 10.1. The van der Waals surface area contributed by atoms with Gasteiger partial charge < -0.3 is 29.2 Å². The van der Waals surface area contributed by atoms with E-state index in [4.69, 9.17) is 14.2 Å². The molecule has 8 nitrogen and oxygen atoms in total. The van der Waals surface area contributed by atoms with Gasteiger partial charge in [-0.25, -0.2) is 4.79 Å². The molecular formula is C40H54O8. The number of phenols is 1. The van der Waals surface area contributed by atoms with Gasteiger partial charge in [-0.15, -0.1) is 0 Å². The molecule has 1 saturated heterocycles. The van der Waals surface area contributed by atoms with E-state index in [1.807, 2.05) is 34.6 Å². The largest absolute Gasteiger partial charge is 0.507 e. The molecule has 2 bridgehead atoms. The van der Waals surface area contributed by atoms with E-state index in [2.05, 4.69) is 33.8 Å². The molecule has 4 heterocycles. The summed E-state index contributed by atoms with van der Waals surface area (Å²) >= 11 is 0. The van der Waals surface area contributed by atoms with Gasteiger partial charge >= 0.3 is 5.97 Å². The number of benzene rings is 1. The minimum Gasteiger partial charge on any atom is -0.507 e. The maximum atomic E-state index is 14.4. The number of hydrogen-bond acceptors (Lipinski definition) is 7. The molecule has 5 aliphatic rings. The first-order chi connectivity index (χ1) is 22.2. The van der Waals surface area contributed by atoms with Crippen LogP contribution in [0, 0.1) is 23.2 Å². The van der Waals surface area contributed by atoms with Crippen molar-refractivity contribution in [3.63, 3.8) is 0 Å². The highest BCUT2D eigenvalue weighted by atomic mass is 16.5. The van der Waals surface area contributed by atoms with Crippen LogP contribution in [0.5, 0.6) is 17.2 Å². The van der Waals surface area contributed by atoms with Gasteiger partial charge in [0, 0.05) is 34.1 Å². The summed E-state index contributed by atoms with van der Waals surface area (Å²) in [7, 11) is 0. The molecule has 2 N–H and O–H groups in total. The predicted molar refractivity (Wildman–Crippen MR) is 185 cm³/mol. The molecule has 0 aromatic heterocycles. The van der Waals surface area contributed by atoms with Gasteiger partial charge in [-0.3, -0.25) is 4.79 Å². The Labute approximate surface area is 285 Å². The van der Waals surface area contributed by atoms with E-state index < -0.39 is 28.7 Å². The summed E-state index contributed by atoms with van der Waals surface area (Å²) in [6, 6.07) is 0. The van der Waals surface area contributed by atoms with Crippen LogP contribution in [0.15, 0.2) is 34.9 Å². The zero-order valence-corrected chi connectivity index (χ0v) is 30.4. The minimum atomic E-state index is -0.959. The zero-order valence-electron chi connectivity index (χ0n) is 30.4. The number of ketones is 1. The molecule has 1 saturated carbocycles. The van der Waals surface area contributed by atoms with Gasteiger partial charge in [-0.1, -0.05) is 44.6 Å². The maximum Gasteiger partial charge on any atom is 0.330 e. The smallest absolute Gasteiger partial charge is 0.330 e. The molecule has 0 amide bonds. The Morgan fingerprint density at radius 2 is 1.75 bits per heavy atom. The van der Waals surface area contributed by atoms with Crippen LogP contribution >= 0.6 is 0 Å². The molecule has 0 radical (unpaired) electrons. The number of allylic oxidation sites excluding steroid dienone is 3. The van der Waals surface area contributed by atoms with Crippen molar-refractivity contribution in [1.29, 1.82) is 0 Å². The van der Waals surface area contributed by atoms with E-state index in [0.717, 1.165) is 30.3 Å². The first kappa shape index (κ1) is 35.9. The fourth-order valence-corrected chi connectivity index (χ4v) is 8.79. The number of carboxylic acids is 1. The lowest BCUT2D eigenvalue weighted by Crippen LogP contribution is -2.50. The average Bonchev–Trinajstić information content (AvgIpc) is 3.08. The van der Waals surface area contributed by atoms with E-state index in [-0.39, 0.29) is 52.4 Å². The van der Waals surface area contributed by atoms with Crippen molar-refractivity contribution in [3.05, 3.63) is 51.6 Å². The molecule has 1 aromatic rings. The van der Waals surface area contributed by atoms with E-state index >= 15 is 0 Å². The number of aldehydes is 1. The van der Waals surface area contributed by atoms with Crippen LogP contribution in [-0.4, -0.2) is 51.7 Å². The van der Waals surface area contributed by atoms with Gasteiger partial charge in [0.2, 0.25) is 0 Å². The molecule has 1 aliphatic carbocycles. The maximum absolute atomic E-state index is 14.4. The van der Waals surface area contributed by atoms with Crippen LogP contribution in [0.25, 0.3) is 0 Å². The third-order valence-electron chi connectivity index (χ3n) is 12.2. The molecule has 0 spiro atoms. The van der Waals surface area contributed by atoms with Crippen molar-refractivity contribution < 1.29 is 38.8 Å². The molecular weight excluding hydrogens is 608 g/mol. The number of fused-ring (bicyclic) bond motifs is 3. The van der Waals surface area contributed by atoms with Crippen LogP contribution in [0.1, 0.15) is 129 Å². The summed E-state index contributed by atoms with van der Waals surface area (Å²) in [5.74, 6) is -0.726. The van der Waals surface area contributed by atoms with Crippen molar-refractivity contribution in [2.75, 3.05) is 6.61 Å². The standard InChI is InChI=1S/C40H54O8/c1-22(2)11-12-28-34-31(33(43)30-29-14-16-40(10,47-35(28)30)24(4)37(29,5)6)32(42)26(21-46-34)17-25(20-41)18-27-19-39(9,48-38(27,7)8)15-13-23(3)36(44)45/h11,13,17,20,24-25,27,29,43H,12,14-16,18-19,21H2,1-10H3,(H,44,45)/b23-13-,26-17+/t24?,25-,27?,29?,39?,40+/m1/s1. The quantitative estimate of drug-likeness (QED) is 0.154. The SMILES string of the molecule is CC(C)=CCc1c2c(c(O)c3c1O[C@@]1(C)CCC3C(C)(C)C1C)C(=O)/C(=C/[C@@H](C=O)CC1CC(C)(C/C=C(/C)C(=O)O)OC1(C)C)CO2. The highest BCUT2D eigenvalue weighted by Crippen LogP contribution is 2.64. The first-order valence-corrected chi connectivity index (χ1v) is 17.4. The third kappa shape index (κ3) is 6.25. The fourth-order valence-electron chi connectivity index (χ4n) is 8.79. The first-order valence-electron chi connectivity index (χ1n) is 17.4. The Morgan fingerprint density at radius 1 is 1.06 bits per heavy atom. The Balaban J connectivity index is 1.51. The molecule has 48 heavy (non-hydrogen) atoms. The Bertz CT molecular complexity index is 1600.